The number of carbonyl (C=O) groups excluding carboxylic acids is 1. The highest BCUT2D eigenvalue weighted by molar-refractivity contribution is 5.96. The van der Waals surface area contributed by atoms with Crippen molar-refractivity contribution in [3.05, 3.63) is 95.6 Å². The van der Waals surface area contributed by atoms with Crippen LogP contribution in [0.3, 0.4) is 0 Å². The summed E-state index contributed by atoms with van der Waals surface area (Å²) in [5, 5.41) is 2.92. The van der Waals surface area contributed by atoms with Crippen LogP contribution in [0.15, 0.2) is 78.9 Å². The Bertz CT molecular complexity index is 989. The van der Waals surface area contributed by atoms with E-state index in [0.29, 0.717) is 11.3 Å². The zero-order valence-corrected chi connectivity index (χ0v) is 18.9. The molecule has 0 bridgehead atoms. The summed E-state index contributed by atoms with van der Waals surface area (Å²) >= 11 is 0. The van der Waals surface area contributed by atoms with Crippen LogP contribution in [0.25, 0.3) is 0 Å². The maximum atomic E-state index is 12.3. The molecule has 1 fully saturated rings. The van der Waals surface area contributed by atoms with Gasteiger partial charge in [0.1, 0.15) is 0 Å². The number of anilines is 2. The molecule has 0 saturated carbocycles. The van der Waals surface area contributed by atoms with Gasteiger partial charge in [-0.3, -0.25) is 9.69 Å². The molecule has 4 rings (SSSR count). The highest BCUT2D eigenvalue weighted by Gasteiger charge is 2.27. The van der Waals surface area contributed by atoms with Gasteiger partial charge in [0.25, 0.3) is 5.91 Å². The third-order valence-electron chi connectivity index (χ3n) is 5.96. The molecule has 3 aromatic carbocycles. The number of nitrogens with one attached hydrogen (secondary N) is 1. The molecule has 1 saturated heterocycles. The molecule has 32 heavy (non-hydrogen) atoms. The lowest BCUT2D eigenvalue weighted by atomic mass is 9.96. The molecule has 5 heteroatoms. The molecule has 166 valence electrons. The van der Waals surface area contributed by atoms with Gasteiger partial charge in [-0.1, -0.05) is 60.7 Å². The first-order valence-electron chi connectivity index (χ1n) is 11.3. The van der Waals surface area contributed by atoms with E-state index in [-0.39, 0.29) is 18.0 Å². The van der Waals surface area contributed by atoms with Crippen molar-refractivity contribution < 1.29 is 4.79 Å². The Hall–Kier alpha value is -3.31. The van der Waals surface area contributed by atoms with Crippen molar-refractivity contribution in [3.8, 4) is 0 Å². The maximum Gasteiger partial charge on any atom is 0.251 e. The highest BCUT2D eigenvalue weighted by Crippen LogP contribution is 2.31. The average molecular weight is 429 g/mol. The molecule has 1 amide bonds. The van der Waals surface area contributed by atoms with Crippen LogP contribution in [0.5, 0.6) is 0 Å². The van der Waals surface area contributed by atoms with Gasteiger partial charge in [0.05, 0.1) is 17.4 Å². The fourth-order valence-corrected chi connectivity index (χ4v) is 4.44. The molecule has 0 aromatic heterocycles. The van der Waals surface area contributed by atoms with Crippen LogP contribution >= 0.6 is 0 Å². The second-order valence-corrected chi connectivity index (χ2v) is 8.65. The number of nitrogens with two attached hydrogens (primary N) is 1. The molecule has 5 nitrogen and oxygen atoms in total. The average Bonchev–Trinajstić information content (AvgIpc) is 2.81. The lowest BCUT2D eigenvalue weighted by Gasteiger charge is -2.41. The molecule has 1 heterocycles. The summed E-state index contributed by atoms with van der Waals surface area (Å²) in [5.74, 6) is -0.0865. The standard InChI is InChI=1S/C27H32N4O/c1-20(2)29-27(32)23-13-14-25(24(28)19-23)30-15-17-31(18-16-30)26(21-9-5-3-6-10-21)22-11-7-4-8-12-22/h3-14,19-20,26H,15-18,28H2,1-2H3,(H,29,32). The second-order valence-electron chi connectivity index (χ2n) is 8.65. The van der Waals surface area contributed by atoms with Crippen LogP contribution in [0.2, 0.25) is 0 Å². The molecule has 0 spiro atoms. The number of hydrogen-bond donors (Lipinski definition) is 2. The summed E-state index contributed by atoms with van der Waals surface area (Å²) in [5.41, 5.74) is 11.2. The van der Waals surface area contributed by atoms with Crippen molar-refractivity contribution in [2.24, 2.45) is 0 Å². The number of nitrogen functional groups attached to an aromatic ring is 1. The molecule has 0 radical (unpaired) electrons. The number of carbonyl (C=O) groups is 1. The molecule has 0 aliphatic carbocycles. The van der Waals surface area contributed by atoms with Crippen LogP contribution in [0.1, 0.15) is 41.4 Å². The fraction of sp³-hybridized carbons (Fsp3) is 0.296. The highest BCUT2D eigenvalue weighted by atomic mass is 16.1. The SMILES string of the molecule is CC(C)NC(=O)c1ccc(N2CCN(C(c3ccccc3)c3ccccc3)CC2)c(N)c1. The van der Waals surface area contributed by atoms with E-state index in [9.17, 15) is 4.79 Å². The van der Waals surface area contributed by atoms with Gasteiger partial charge in [0.15, 0.2) is 0 Å². The fourth-order valence-electron chi connectivity index (χ4n) is 4.44. The van der Waals surface area contributed by atoms with E-state index in [1.54, 1.807) is 6.07 Å². The summed E-state index contributed by atoms with van der Waals surface area (Å²) in [6.45, 7) is 7.54. The maximum absolute atomic E-state index is 12.3. The molecule has 0 unspecified atom stereocenters. The lowest BCUT2D eigenvalue weighted by Crippen LogP contribution is -2.48. The molecule has 1 aliphatic heterocycles. The first-order chi connectivity index (χ1) is 15.5. The van der Waals surface area contributed by atoms with E-state index < -0.39 is 0 Å². The Labute approximate surface area is 190 Å². The van der Waals surface area contributed by atoms with E-state index >= 15 is 0 Å². The molecule has 3 aromatic rings. The molecule has 1 aliphatic rings. The van der Waals surface area contributed by atoms with Gasteiger partial charge in [-0.15, -0.1) is 0 Å². The van der Waals surface area contributed by atoms with E-state index in [1.807, 2.05) is 26.0 Å². The van der Waals surface area contributed by atoms with Crippen LogP contribution in [-0.4, -0.2) is 43.0 Å². The topological polar surface area (TPSA) is 61.6 Å². The van der Waals surface area contributed by atoms with Crippen LogP contribution in [-0.2, 0) is 0 Å². The van der Waals surface area contributed by atoms with Crippen molar-refractivity contribution in [2.75, 3.05) is 36.8 Å². The quantitative estimate of drug-likeness (QED) is 0.574. The summed E-state index contributed by atoms with van der Waals surface area (Å²) in [6.07, 6.45) is 0. The van der Waals surface area contributed by atoms with Gasteiger partial charge in [-0.05, 0) is 43.2 Å². The van der Waals surface area contributed by atoms with Gasteiger partial charge in [-0.2, -0.15) is 0 Å². The molecule has 3 N–H and O–H groups in total. The summed E-state index contributed by atoms with van der Waals surface area (Å²) in [4.78, 5) is 17.2. The monoisotopic (exact) mass is 428 g/mol. The van der Waals surface area contributed by atoms with Crippen molar-refractivity contribution >= 4 is 17.3 Å². The van der Waals surface area contributed by atoms with E-state index in [0.717, 1.165) is 31.9 Å². The number of amides is 1. The second kappa shape index (κ2) is 9.88. The first-order valence-corrected chi connectivity index (χ1v) is 11.3. The van der Waals surface area contributed by atoms with E-state index in [1.165, 1.54) is 11.1 Å². The Morgan fingerprint density at radius 2 is 1.41 bits per heavy atom. The van der Waals surface area contributed by atoms with Crippen LogP contribution in [0, 0.1) is 0 Å². The van der Waals surface area contributed by atoms with Gasteiger partial charge < -0.3 is 16.0 Å². The summed E-state index contributed by atoms with van der Waals surface area (Å²) < 4.78 is 0. The minimum atomic E-state index is -0.0865. The Kier molecular flexibility index (Phi) is 6.76. The van der Waals surface area contributed by atoms with Crippen molar-refractivity contribution in [2.45, 2.75) is 25.9 Å². The molecular weight excluding hydrogens is 396 g/mol. The number of nitrogens with zero attached hydrogens (tertiary/aromatic N) is 2. The minimum Gasteiger partial charge on any atom is -0.397 e. The number of hydrogen-bond acceptors (Lipinski definition) is 4. The third kappa shape index (κ3) is 4.94. The van der Waals surface area contributed by atoms with Gasteiger partial charge >= 0.3 is 0 Å². The number of benzene rings is 3. The largest absolute Gasteiger partial charge is 0.397 e. The summed E-state index contributed by atoms with van der Waals surface area (Å²) in [7, 11) is 0. The van der Waals surface area contributed by atoms with Crippen LogP contribution < -0.4 is 16.0 Å². The smallest absolute Gasteiger partial charge is 0.251 e. The Balaban J connectivity index is 1.49. The zero-order valence-electron chi connectivity index (χ0n) is 18.9. The van der Waals surface area contributed by atoms with E-state index in [2.05, 4.69) is 75.8 Å². The lowest BCUT2D eigenvalue weighted by molar-refractivity contribution is 0.0943. The van der Waals surface area contributed by atoms with Crippen LogP contribution in [0.4, 0.5) is 11.4 Å². The van der Waals surface area contributed by atoms with Gasteiger partial charge in [-0.25, -0.2) is 0 Å². The normalized spacial score (nSPS) is 14.7. The van der Waals surface area contributed by atoms with Gasteiger partial charge in [0.2, 0.25) is 0 Å². The number of piperazine rings is 1. The van der Waals surface area contributed by atoms with Crippen molar-refractivity contribution in [1.29, 1.82) is 0 Å². The molecule has 0 atom stereocenters. The predicted octanol–water partition coefficient (Wildman–Crippen LogP) is 4.32. The Morgan fingerprint density at radius 3 is 1.91 bits per heavy atom. The first kappa shape index (κ1) is 21.9. The minimum absolute atomic E-state index is 0.0865. The Morgan fingerprint density at radius 1 is 0.844 bits per heavy atom. The zero-order chi connectivity index (χ0) is 22.5. The van der Waals surface area contributed by atoms with E-state index in [4.69, 9.17) is 5.73 Å². The van der Waals surface area contributed by atoms with Crippen molar-refractivity contribution in [3.63, 3.8) is 0 Å². The summed E-state index contributed by atoms with van der Waals surface area (Å²) in [6, 6.07) is 27.4. The third-order valence-corrected chi connectivity index (χ3v) is 5.96. The predicted molar refractivity (Wildman–Crippen MR) is 132 cm³/mol. The van der Waals surface area contributed by atoms with Gasteiger partial charge in [0, 0.05) is 37.8 Å². The molecular formula is C27H32N4O. The van der Waals surface area contributed by atoms with Crippen molar-refractivity contribution in [1.82, 2.24) is 10.2 Å². The number of rotatable bonds is 6.